The van der Waals surface area contributed by atoms with Gasteiger partial charge in [-0.05, 0) is 28.4 Å². The first-order valence-corrected chi connectivity index (χ1v) is 7.98. The number of rotatable bonds is 7. The summed E-state index contributed by atoms with van der Waals surface area (Å²) in [7, 11) is -2.10. The zero-order chi connectivity index (χ0) is 13.6. The molecule has 0 aliphatic carbocycles. The van der Waals surface area contributed by atoms with Crippen LogP contribution in [0.3, 0.4) is 0 Å². The first-order chi connectivity index (χ1) is 8.49. The lowest BCUT2D eigenvalue weighted by atomic mass is 10.3. The summed E-state index contributed by atoms with van der Waals surface area (Å²) in [6.07, 6.45) is 3.30. The summed E-state index contributed by atoms with van der Waals surface area (Å²) in [5.41, 5.74) is 0. The van der Waals surface area contributed by atoms with Crippen LogP contribution < -0.4 is 4.72 Å². The number of pyridine rings is 1. The molecular weight excluding hydrogens is 344 g/mol. The van der Waals surface area contributed by atoms with Crippen molar-refractivity contribution in [3.8, 4) is 0 Å². The summed E-state index contributed by atoms with van der Waals surface area (Å²) in [5.74, 6) is 0.354. The highest BCUT2D eigenvalue weighted by Crippen LogP contribution is 2.15. The summed E-state index contributed by atoms with van der Waals surface area (Å²) in [6, 6.07) is 1.14. The Kier molecular flexibility index (Phi) is 6.51. The van der Waals surface area contributed by atoms with Gasteiger partial charge in [-0.2, -0.15) is 0 Å². The number of methoxy groups -OCH3 is 1. The fraction of sp³-hybridized carbons (Fsp3) is 0.500. The number of sulfonamides is 1. The minimum absolute atomic E-state index is 0.104. The van der Waals surface area contributed by atoms with Crippen molar-refractivity contribution in [1.29, 1.82) is 0 Å². The predicted molar refractivity (Wildman–Crippen MR) is 73.3 cm³/mol. The van der Waals surface area contributed by atoms with Crippen molar-refractivity contribution in [1.82, 2.24) is 9.71 Å². The molecule has 1 rings (SSSR count). The molecule has 102 valence electrons. The second-order valence-corrected chi connectivity index (χ2v) is 6.60. The molecule has 0 saturated heterocycles. The molecule has 0 amide bonds. The lowest BCUT2D eigenvalue weighted by molar-refractivity contribution is 0.173. The maximum atomic E-state index is 12.1. The first kappa shape index (κ1) is 15.8. The number of hydrogen-bond acceptors (Lipinski definition) is 4. The normalized spacial score (nSPS) is 13.5. The highest BCUT2D eigenvalue weighted by Gasteiger charge is 2.20. The van der Waals surface area contributed by atoms with Gasteiger partial charge >= 0.3 is 0 Å². The van der Waals surface area contributed by atoms with Gasteiger partial charge in [-0.1, -0.05) is 0 Å². The molecule has 0 fully saturated rings. The molecule has 0 aliphatic heterocycles. The predicted octanol–water partition coefficient (Wildman–Crippen LogP) is 1.77. The van der Waals surface area contributed by atoms with Gasteiger partial charge in [0.1, 0.15) is 4.90 Å². The van der Waals surface area contributed by atoms with Gasteiger partial charge in [-0.25, -0.2) is 13.1 Å². The molecule has 1 unspecified atom stereocenters. The lowest BCUT2D eigenvalue weighted by Crippen LogP contribution is -2.38. The maximum Gasteiger partial charge on any atom is 0.242 e. The van der Waals surface area contributed by atoms with E-state index in [9.17, 15) is 8.42 Å². The van der Waals surface area contributed by atoms with Crippen LogP contribution in [0.1, 0.15) is 6.42 Å². The average molecular weight is 358 g/mol. The van der Waals surface area contributed by atoms with Crippen molar-refractivity contribution in [3.05, 3.63) is 22.9 Å². The van der Waals surface area contributed by atoms with Crippen molar-refractivity contribution >= 4 is 37.6 Å². The van der Waals surface area contributed by atoms with E-state index in [0.29, 0.717) is 16.8 Å². The third-order valence-corrected chi connectivity index (χ3v) is 4.28. The summed E-state index contributed by atoms with van der Waals surface area (Å²) >= 11 is 8.80. The van der Waals surface area contributed by atoms with E-state index < -0.39 is 10.0 Å². The summed E-state index contributed by atoms with van der Waals surface area (Å²) in [4.78, 5) is 3.93. The maximum absolute atomic E-state index is 12.1. The van der Waals surface area contributed by atoms with Crippen molar-refractivity contribution in [3.63, 3.8) is 0 Å². The van der Waals surface area contributed by atoms with Gasteiger partial charge in [-0.15, -0.1) is 11.6 Å². The molecule has 1 heterocycles. The van der Waals surface area contributed by atoms with E-state index in [4.69, 9.17) is 16.3 Å². The molecule has 0 bridgehead atoms. The Hall–Kier alpha value is -0.210. The summed E-state index contributed by atoms with van der Waals surface area (Å²) in [5, 5.41) is 0. The molecular formula is C10H14BrClN2O3S. The fourth-order valence-electron chi connectivity index (χ4n) is 1.34. The van der Waals surface area contributed by atoms with Crippen LogP contribution in [0.25, 0.3) is 0 Å². The smallest absolute Gasteiger partial charge is 0.242 e. The molecule has 5 nitrogen and oxygen atoms in total. The Morgan fingerprint density at radius 1 is 1.56 bits per heavy atom. The molecule has 0 aliphatic rings. The van der Waals surface area contributed by atoms with Gasteiger partial charge < -0.3 is 4.74 Å². The average Bonchev–Trinajstić information content (AvgIpc) is 2.29. The largest absolute Gasteiger partial charge is 0.383 e. The minimum atomic E-state index is -3.61. The van der Waals surface area contributed by atoms with Crippen LogP contribution in [-0.2, 0) is 14.8 Å². The van der Waals surface area contributed by atoms with Crippen molar-refractivity contribution in [2.45, 2.75) is 17.4 Å². The number of hydrogen-bond donors (Lipinski definition) is 1. The van der Waals surface area contributed by atoms with Gasteiger partial charge in [0.15, 0.2) is 0 Å². The topological polar surface area (TPSA) is 68.3 Å². The van der Waals surface area contributed by atoms with Gasteiger partial charge in [0.2, 0.25) is 10.0 Å². The van der Waals surface area contributed by atoms with Crippen molar-refractivity contribution in [2.24, 2.45) is 0 Å². The Morgan fingerprint density at radius 2 is 2.28 bits per heavy atom. The number of nitrogens with zero attached hydrogens (tertiary/aromatic N) is 1. The molecule has 0 radical (unpaired) electrons. The van der Waals surface area contributed by atoms with Gasteiger partial charge in [-0.3, -0.25) is 4.98 Å². The Morgan fingerprint density at radius 3 is 2.83 bits per heavy atom. The van der Waals surface area contributed by atoms with Gasteiger partial charge in [0, 0.05) is 35.9 Å². The quantitative estimate of drug-likeness (QED) is 0.755. The highest BCUT2D eigenvalue weighted by atomic mass is 79.9. The van der Waals surface area contributed by atoms with Crippen molar-refractivity contribution in [2.75, 3.05) is 19.6 Å². The van der Waals surface area contributed by atoms with Crippen LogP contribution in [0, 0.1) is 0 Å². The summed E-state index contributed by atoms with van der Waals surface area (Å²) < 4.78 is 32.2. The molecule has 0 spiro atoms. The van der Waals surface area contributed by atoms with Crippen molar-refractivity contribution < 1.29 is 13.2 Å². The molecule has 0 saturated carbocycles. The number of halogens is 2. The third kappa shape index (κ3) is 4.81. The van der Waals surface area contributed by atoms with Gasteiger partial charge in [0.25, 0.3) is 0 Å². The zero-order valence-electron chi connectivity index (χ0n) is 9.77. The minimum Gasteiger partial charge on any atom is -0.383 e. The molecule has 1 N–H and O–H groups in total. The lowest BCUT2D eigenvalue weighted by Gasteiger charge is -2.16. The Bertz CT molecular complexity index is 478. The standard InChI is InChI=1S/C10H14BrClN2O3S/c1-17-7-9(2-3-12)14-18(15,16)10-4-8(11)5-13-6-10/h4-6,9,14H,2-3,7H2,1H3. The number of alkyl halides is 1. The van der Waals surface area contributed by atoms with Crippen LogP contribution >= 0.6 is 27.5 Å². The second kappa shape index (κ2) is 7.40. The van der Waals surface area contributed by atoms with Crippen LogP contribution in [-0.4, -0.2) is 39.0 Å². The summed E-state index contributed by atoms with van der Waals surface area (Å²) in [6.45, 7) is 0.271. The molecule has 0 aromatic carbocycles. The van der Waals surface area contributed by atoms with Crippen LogP contribution in [0.5, 0.6) is 0 Å². The van der Waals surface area contributed by atoms with Crippen LogP contribution in [0.15, 0.2) is 27.8 Å². The molecule has 8 heteroatoms. The monoisotopic (exact) mass is 356 g/mol. The number of ether oxygens (including phenoxy) is 1. The second-order valence-electron chi connectivity index (χ2n) is 3.59. The SMILES string of the molecule is COCC(CCCl)NS(=O)(=O)c1cncc(Br)c1. The first-order valence-electron chi connectivity index (χ1n) is 5.17. The molecule has 1 aromatic rings. The van der Waals surface area contributed by atoms with E-state index in [0.717, 1.165) is 0 Å². The fourth-order valence-corrected chi connectivity index (χ4v) is 3.36. The molecule has 18 heavy (non-hydrogen) atoms. The highest BCUT2D eigenvalue weighted by molar-refractivity contribution is 9.10. The molecule has 1 atom stereocenters. The van der Waals surface area contributed by atoms with E-state index in [2.05, 4.69) is 25.6 Å². The third-order valence-electron chi connectivity index (χ3n) is 2.14. The van der Waals surface area contributed by atoms with Crippen LogP contribution in [0.2, 0.25) is 0 Å². The van der Waals surface area contributed by atoms with Crippen LogP contribution in [0.4, 0.5) is 0 Å². The van der Waals surface area contributed by atoms with E-state index in [-0.39, 0.29) is 17.5 Å². The Balaban J connectivity index is 2.86. The van der Waals surface area contributed by atoms with E-state index in [1.807, 2.05) is 0 Å². The molecule has 1 aromatic heterocycles. The Labute approximate surface area is 120 Å². The number of nitrogens with one attached hydrogen (secondary N) is 1. The van der Waals surface area contributed by atoms with Gasteiger partial charge in [0.05, 0.1) is 6.61 Å². The van der Waals surface area contributed by atoms with E-state index >= 15 is 0 Å². The number of aromatic nitrogens is 1. The van der Waals surface area contributed by atoms with E-state index in [1.165, 1.54) is 25.6 Å². The zero-order valence-corrected chi connectivity index (χ0v) is 12.9. The van der Waals surface area contributed by atoms with E-state index in [1.54, 1.807) is 0 Å².